The molecule has 0 aliphatic carbocycles. The number of aliphatic hydroxyl groups excluding tert-OH is 1. The average Bonchev–Trinajstić information content (AvgIpc) is 2.79. The Morgan fingerprint density at radius 2 is 2.28 bits per heavy atom. The van der Waals surface area contributed by atoms with E-state index in [-0.39, 0.29) is 6.61 Å². The Balaban J connectivity index is 2.10. The third-order valence-electron chi connectivity index (χ3n) is 3.69. The van der Waals surface area contributed by atoms with Crippen LogP contribution >= 0.6 is 0 Å². The smallest absolute Gasteiger partial charge is 0.0447 e. The first-order valence-electron chi connectivity index (χ1n) is 6.98. The molecule has 100 valence electrons. The van der Waals surface area contributed by atoms with E-state index >= 15 is 0 Å². The van der Waals surface area contributed by atoms with Gasteiger partial charge in [-0.1, -0.05) is 19.1 Å². The number of nitrogens with zero attached hydrogens (tertiary/aromatic N) is 1. The van der Waals surface area contributed by atoms with Crippen molar-refractivity contribution in [2.75, 3.05) is 31.1 Å². The fourth-order valence-electron chi connectivity index (χ4n) is 2.68. The third kappa shape index (κ3) is 2.85. The van der Waals surface area contributed by atoms with Crippen molar-refractivity contribution in [2.45, 2.75) is 32.7 Å². The van der Waals surface area contributed by atoms with Gasteiger partial charge in [-0.25, -0.2) is 0 Å². The third-order valence-corrected chi connectivity index (χ3v) is 3.69. The zero-order chi connectivity index (χ0) is 13.0. The molecule has 1 aliphatic heterocycles. The molecule has 2 rings (SSSR count). The number of benzene rings is 1. The Morgan fingerprint density at radius 3 is 3.00 bits per heavy atom. The van der Waals surface area contributed by atoms with Crippen LogP contribution in [0.3, 0.4) is 0 Å². The molecule has 0 radical (unpaired) electrons. The van der Waals surface area contributed by atoms with Crippen LogP contribution in [-0.2, 0) is 6.42 Å². The number of anilines is 1. The highest BCUT2D eigenvalue weighted by molar-refractivity contribution is 5.59. The summed E-state index contributed by atoms with van der Waals surface area (Å²) < 4.78 is 0. The fraction of sp³-hybridized carbons (Fsp3) is 0.600. The molecule has 0 saturated heterocycles. The van der Waals surface area contributed by atoms with Gasteiger partial charge in [0.15, 0.2) is 0 Å². The normalized spacial score (nSPS) is 15.8. The quantitative estimate of drug-likeness (QED) is 0.809. The highest BCUT2D eigenvalue weighted by atomic mass is 16.3. The lowest BCUT2D eigenvalue weighted by molar-refractivity contribution is 0.290. The number of rotatable bonds is 6. The van der Waals surface area contributed by atoms with Crippen LogP contribution in [0.25, 0.3) is 0 Å². The minimum atomic E-state index is 0.279. The summed E-state index contributed by atoms with van der Waals surface area (Å²) in [5, 5.41) is 12.4. The maximum atomic E-state index is 8.92. The van der Waals surface area contributed by atoms with Crippen LogP contribution < -0.4 is 10.2 Å². The summed E-state index contributed by atoms with van der Waals surface area (Å²) in [6, 6.07) is 7.22. The van der Waals surface area contributed by atoms with E-state index in [1.54, 1.807) is 0 Å². The molecule has 1 aromatic rings. The van der Waals surface area contributed by atoms with E-state index in [9.17, 15) is 0 Å². The molecule has 1 aromatic carbocycles. The molecule has 2 N–H and O–H groups in total. The summed E-state index contributed by atoms with van der Waals surface area (Å²) in [6.07, 6.45) is 1.99. The molecule has 1 heterocycles. The standard InChI is InChI=1S/C15H24N2O/c1-3-16-12(2)13-5-6-15-14(11-13)7-9-17(15)8-4-10-18/h5-6,11-12,16,18H,3-4,7-10H2,1-2H3. The monoisotopic (exact) mass is 248 g/mol. The Hall–Kier alpha value is -1.06. The van der Waals surface area contributed by atoms with Gasteiger partial charge in [0.1, 0.15) is 0 Å². The van der Waals surface area contributed by atoms with Gasteiger partial charge in [-0.3, -0.25) is 0 Å². The summed E-state index contributed by atoms with van der Waals surface area (Å²) in [4.78, 5) is 2.38. The summed E-state index contributed by atoms with van der Waals surface area (Å²) in [7, 11) is 0. The molecule has 0 spiro atoms. The molecule has 0 fully saturated rings. The maximum absolute atomic E-state index is 8.92. The van der Waals surface area contributed by atoms with Crippen molar-refractivity contribution in [3.8, 4) is 0 Å². The molecule has 0 bridgehead atoms. The van der Waals surface area contributed by atoms with Crippen molar-refractivity contribution in [3.63, 3.8) is 0 Å². The minimum Gasteiger partial charge on any atom is -0.396 e. The Morgan fingerprint density at radius 1 is 1.44 bits per heavy atom. The van der Waals surface area contributed by atoms with Crippen LogP contribution in [0.2, 0.25) is 0 Å². The van der Waals surface area contributed by atoms with E-state index in [0.717, 1.165) is 32.5 Å². The number of hydrogen-bond donors (Lipinski definition) is 2. The molecule has 1 atom stereocenters. The SMILES string of the molecule is CCNC(C)c1ccc2c(c1)CCN2CCCO. The number of hydrogen-bond acceptors (Lipinski definition) is 3. The van der Waals surface area contributed by atoms with Crippen molar-refractivity contribution in [2.24, 2.45) is 0 Å². The Kier molecular flexibility index (Phi) is 4.61. The van der Waals surface area contributed by atoms with Gasteiger partial charge in [-0.05, 0) is 43.5 Å². The fourth-order valence-corrected chi connectivity index (χ4v) is 2.68. The molecular formula is C15H24N2O. The van der Waals surface area contributed by atoms with Gasteiger partial charge < -0.3 is 15.3 Å². The van der Waals surface area contributed by atoms with Crippen molar-refractivity contribution in [1.82, 2.24) is 5.32 Å². The van der Waals surface area contributed by atoms with E-state index in [4.69, 9.17) is 5.11 Å². The zero-order valence-electron chi connectivity index (χ0n) is 11.4. The van der Waals surface area contributed by atoms with Crippen LogP contribution in [0.15, 0.2) is 18.2 Å². The van der Waals surface area contributed by atoms with Crippen LogP contribution in [-0.4, -0.2) is 31.3 Å². The first kappa shape index (κ1) is 13.4. The van der Waals surface area contributed by atoms with Gasteiger partial charge in [0, 0.05) is 31.4 Å². The zero-order valence-corrected chi connectivity index (χ0v) is 11.4. The Bertz CT molecular complexity index is 392. The summed E-state index contributed by atoms with van der Waals surface area (Å²) >= 11 is 0. The summed E-state index contributed by atoms with van der Waals surface area (Å²) in [5.74, 6) is 0. The lowest BCUT2D eigenvalue weighted by atomic mass is 10.0. The van der Waals surface area contributed by atoms with Crippen LogP contribution in [0.1, 0.15) is 37.4 Å². The molecule has 0 aromatic heterocycles. The first-order valence-corrected chi connectivity index (χ1v) is 6.98. The topological polar surface area (TPSA) is 35.5 Å². The Labute approximate surface area is 110 Å². The van der Waals surface area contributed by atoms with E-state index in [0.29, 0.717) is 6.04 Å². The molecule has 1 unspecified atom stereocenters. The number of nitrogens with one attached hydrogen (secondary N) is 1. The lowest BCUT2D eigenvalue weighted by Crippen LogP contribution is -2.22. The minimum absolute atomic E-state index is 0.279. The van der Waals surface area contributed by atoms with E-state index in [1.165, 1.54) is 16.8 Å². The average molecular weight is 248 g/mol. The van der Waals surface area contributed by atoms with Crippen molar-refractivity contribution >= 4 is 5.69 Å². The second kappa shape index (κ2) is 6.21. The molecule has 3 nitrogen and oxygen atoms in total. The molecule has 18 heavy (non-hydrogen) atoms. The van der Waals surface area contributed by atoms with Gasteiger partial charge in [0.2, 0.25) is 0 Å². The van der Waals surface area contributed by atoms with Gasteiger partial charge in [-0.2, -0.15) is 0 Å². The maximum Gasteiger partial charge on any atom is 0.0447 e. The van der Waals surface area contributed by atoms with Crippen LogP contribution in [0.4, 0.5) is 5.69 Å². The van der Waals surface area contributed by atoms with Crippen molar-refractivity contribution in [3.05, 3.63) is 29.3 Å². The highest BCUT2D eigenvalue weighted by Crippen LogP contribution is 2.30. The summed E-state index contributed by atoms with van der Waals surface area (Å²) in [5.41, 5.74) is 4.19. The molecule has 1 aliphatic rings. The highest BCUT2D eigenvalue weighted by Gasteiger charge is 2.19. The molecule has 3 heteroatoms. The second-order valence-corrected chi connectivity index (χ2v) is 4.98. The van der Waals surface area contributed by atoms with E-state index in [2.05, 4.69) is 42.3 Å². The lowest BCUT2D eigenvalue weighted by Gasteiger charge is -2.20. The van der Waals surface area contributed by atoms with Gasteiger partial charge in [-0.15, -0.1) is 0 Å². The molecule has 0 amide bonds. The van der Waals surface area contributed by atoms with Crippen LogP contribution in [0.5, 0.6) is 0 Å². The predicted molar refractivity (Wildman–Crippen MR) is 76.2 cm³/mol. The summed E-state index contributed by atoms with van der Waals surface area (Å²) in [6.45, 7) is 7.69. The predicted octanol–water partition coefficient (Wildman–Crippen LogP) is 2.10. The first-order chi connectivity index (χ1) is 8.76. The van der Waals surface area contributed by atoms with Crippen molar-refractivity contribution < 1.29 is 5.11 Å². The van der Waals surface area contributed by atoms with Gasteiger partial charge in [0.25, 0.3) is 0 Å². The number of aliphatic hydroxyl groups is 1. The van der Waals surface area contributed by atoms with E-state index < -0.39 is 0 Å². The van der Waals surface area contributed by atoms with Crippen molar-refractivity contribution in [1.29, 1.82) is 0 Å². The van der Waals surface area contributed by atoms with Gasteiger partial charge >= 0.3 is 0 Å². The molecule has 0 saturated carbocycles. The van der Waals surface area contributed by atoms with Gasteiger partial charge in [0.05, 0.1) is 0 Å². The number of fused-ring (bicyclic) bond motifs is 1. The van der Waals surface area contributed by atoms with Crippen LogP contribution in [0, 0.1) is 0 Å². The second-order valence-electron chi connectivity index (χ2n) is 4.98. The van der Waals surface area contributed by atoms with E-state index in [1.807, 2.05) is 0 Å². The largest absolute Gasteiger partial charge is 0.396 e. The molecular weight excluding hydrogens is 224 g/mol.